The Morgan fingerprint density at radius 3 is 2.68 bits per heavy atom. The van der Waals surface area contributed by atoms with Crippen LogP contribution in [0.4, 0.5) is 18.9 Å². The predicted molar refractivity (Wildman–Crippen MR) is 64.6 cm³/mol. The summed E-state index contributed by atoms with van der Waals surface area (Å²) in [5, 5.41) is 0. The van der Waals surface area contributed by atoms with E-state index in [0.29, 0.717) is 12.0 Å². The number of nitrogens with zero attached hydrogens (tertiary/aromatic N) is 1. The van der Waals surface area contributed by atoms with Gasteiger partial charge in [-0.05, 0) is 31.9 Å². The SMILES string of the molecule is C[C@H]1CCCN1c1ccc(C=O)c(OC(F)(F)F)c1. The average molecular weight is 273 g/mol. The van der Waals surface area contributed by atoms with Crippen molar-refractivity contribution in [3.63, 3.8) is 0 Å². The second kappa shape index (κ2) is 5.11. The molecule has 6 heteroatoms. The first-order valence-electron chi connectivity index (χ1n) is 6.02. The Balaban J connectivity index is 2.32. The van der Waals surface area contributed by atoms with Gasteiger partial charge in [0.25, 0.3) is 0 Å². The van der Waals surface area contributed by atoms with Crippen LogP contribution in [0.2, 0.25) is 0 Å². The summed E-state index contributed by atoms with van der Waals surface area (Å²) in [5.74, 6) is -0.445. The number of benzene rings is 1. The van der Waals surface area contributed by atoms with Crippen molar-refractivity contribution in [2.75, 3.05) is 11.4 Å². The first-order valence-corrected chi connectivity index (χ1v) is 6.02. The molecule has 0 bridgehead atoms. The molecule has 0 unspecified atom stereocenters. The molecule has 1 saturated heterocycles. The first kappa shape index (κ1) is 13.7. The van der Waals surface area contributed by atoms with Gasteiger partial charge in [-0.2, -0.15) is 0 Å². The second-order valence-corrected chi connectivity index (χ2v) is 4.57. The van der Waals surface area contributed by atoms with E-state index in [0.717, 1.165) is 19.4 Å². The number of carbonyl (C=O) groups excluding carboxylic acids is 1. The first-order chi connectivity index (χ1) is 8.90. The van der Waals surface area contributed by atoms with Crippen LogP contribution < -0.4 is 9.64 Å². The number of anilines is 1. The predicted octanol–water partition coefficient (Wildman–Crippen LogP) is 3.39. The Kier molecular flexibility index (Phi) is 3.68. The molecule has 1 aromatic rings. The number of hydrogen-bond donors (Lipinski definition) is 0. The van der Waals surface area contributed by atoms with E-state index in [1.165, 1.54) is 12.1 Å². The molecule has 1 atom stereocenters. The van der Waals surface area contributed by atoms with Gasteiger partial charge in [-0.3, -0.25) is 4.79 Å². The van der Waals surface area contributed by atoms with Crippen LogP contribution in [0, 0.1) is 0 Å². The van der Waals surface area contributed by atoms with Gasteiger partial charge < -0.3 is 9.64 Å². The minimum absolute atomic E-state index is 0.104. The van der Waals surface area contributed by atoms with E-state index in [-0.39, 0.29) is 11.6 Å². The lowest BCUT2D eigenvalue weighted by molar-refractivity contribution is -0.274. The zero-order valence-electron chi connectivity index (χ0n) is 10.4. The quantitative estimate of drug-likeness (QED) is 0.791. The van der Waals surface area contributed by atoms with Gasteiger partial charge in [0, 0.05) is 24.3 Å². The third-order valence-corrected chi connectivity index (χ3v) is 3.23. The van der Waals surface area contributed by atoms with E-state index in [9.17, 15) is 18.0 Å². The summed E-state index contributed by atoms with van der Waals surface area (Å²) in [4.78, 5) is 12.8. The molecule has 0 spiro atoms. The van der Waals surface area contributed by atoms with E-state index >= 15 is 0 Å². The standard InChI is InChI=1S/C13H14F3NO2/c1-9-3-2-6-17(9)11-5-4-10(8-18)12(7-11)19-13(14,15)16/h4-5,7-9H,2-3,6H2,1H3/t9-/m0/s1. The highest BCUT2D eigenvalue weighted by Gasteiger charge is 2.32. The Bertz CT molecular complexity index is 473. The number of aldehydes is 1. The fraction of sp³-hybridized carbons (Fsp3) is 0.462. The van der Waals surface area contributed by atoms with Gasteiger partial charge >= 0.3 is 6.36 Å². The molecular weight excluding hydrogens is 259 g/mol. The molecule has 0 N–H and O–H groups in total. The molecule has 0 aliphatic carbocycles. The lowest BCUT2D eigenvalue weighted by atomic mass is 10.1. The number of halogens is 3. The minimum atomic E-state index is -4.80. The second-order valence-electron chi connectivity index (χ2n) is 4.57. The Morgan fingerprint density at radius 2 is 2.16 bits per heavy atom. The number of carbonyl (C=O) groups is 1. The molecule has 104 valence electrons. The number of alkyl halides is 3. The Labute approximate surface area is 109 Å². The molecule has 0 radical (unpaired) electrons. The number of rotatable bonds is 3. The normalized spacial score (nSPS) is 19.6. The zero-order chi connectivity index (χ0) is 14.0. The average Bonchev–Trinajstić information content (AvgIpc) is 2.73. The van der Waals surface area contributed by atoms with Crippen LogP contribution >= 0.6 is 0 Å². The summed E-state index contributed by atoms with van der Waals surface area (Å²) in [7, 11) is 0. The van der Waals surface area contributed by atoms with Gasteiger partial charge in [0.05, 0.1) is 5.56 Å². The van der Waals surface area contributed by atoms with E-state index in [1.54, 1.807) is 6.07 Å². The van der Waals surface area contributed by atoms with Gasteiger partial charge in [-0.15, -0.1) is 13.2 Å². The molecular formula is C13H14F3NO2. The molecule has 1 heterocycles. The fourth-order valence-electron chi connectivity index (χ4n) is 2.33. The molecule has 0 aromatic heterocycles. The number of hydrogen-bond acceptors (Lipinski definition) is 3. The maximum Gasteiger partial charge on any atom is 0.573 e. The lowest BCUT2D eigenvalue weighted by Gasteiger charge is -2.24. The maximum absolute atomic E-state index is 12.3. The van der Waals surface area contributed by atoms with Crippen molar-refractivity contribution < 1.29 is 22.7 Å². The van der Waals surface area contributed by atoms with Gasteiger partial charge in [-0.25, -0.2) is 0 Å². The third kappa shape index (κ3) is 3.19. The summed E-state index contributed by atoms with van der Waals surface area (Å²) in [6, 6.07) is 4.56. The van der Waals surface area contributed by atoms with Gasteiger partial charge in [0.15, 0.2) is 6.29 Å². The topological polar surface area (TPSA) is 29.5 Å². The molecule has 2 rings (SSSR count). The molecule has 1 fully saturated rings. The van der Waals surface area contributed by atoms with Crippen LogP contribution in [0.1, 0.15) is 30.1 Å². The van der Waals surface area contributed by atoms with Crippen molar-refractivity contribution in [2.24, 2.45) is 0 Å². The van der Waals surface area contributed by atoms with Gasteiger partial charge in [-0.1, -0.05) is 0 Å². The largest absolute Gasteiger partial charge is 0.573 e. The summed E-state index contributed by atoms with van der Waals surface area (Å²) in [6.07, 6.45) is -2.43. The highest BCUT2D eigenvalue weighted by atomic mass is 19.4. The third-order valence-electron chi connectivity index (χ3n) is 3.23. The Hall–Kier alpha value is -1.72. The van der Waals surface area contributed by atoms with Crippen molar-refractivity contribution in [2.45, 2.75) is 32.2 Å². The summed E-state index contributed by atoms with van der Waals surface area (Å²) >= 11 is 0. The molecule has 0 amide bonds. The smallest absolute Gasteiger partial charge is 0.405 e. The van der Waals surface area contributed by atoms with Crippen LogP contribution in [0.15, 0.2) is 18.2 Å². The van der Waals surface area contributed by atoms with E-state index in [4.69, 9.17) is 0 Å². The summed E-state index contributed by atoms with van der Waals surface area (Å²) in [5.41, 5.74) is 0.544. The summed E-state index contributed by atoms with van der Waals surface area (Å²) < 4.78 is 40.8. The van der Waals surface area contributed by atoms with Crippen molar-refractivity contribution in [3.05, 3.63) is 23.8 Å². The minimum Gasteiger partial charge on any atom is -0.405 e. The fourth-order valence-corrected chi connectivity index (χ4v) is 2.33. The Morgan fingerprint density at radius 1 is 1.42 bits per heavy atom. The van der Waals surface area contributed by atoms with Crippen molar-refractivity contribution in [1.29, 1.82) is 0 Å². The van der Waals surface area contributed by atoms with Gasteiger partial charge in [0.1, 0.15) is 5.75 Å². The van der Waals surface area contributed by atoms with Crippen molar-refractivity contribution >= 4 is 12.0 Å². The molecule has 0 saturated carbocycles. The van der Waals surface area contributed by atoms with Crippen LogP contribution in [0.5, 0.6) is 5.75 Å². The van der Waals surface area contributed by atoms with Crippen LogP contribution in [-0.4, -0.2) is 25.2 Å². The van der Waals surface area contributed by atoms with Crippen molar-refractivity contribution in [3.8, 4) is 5.75 Å². The highest BCUT2D eigenvalue weighted by Crippen LogP contribution is 2.32. The highest BCUT2D eigenvalue weighted by molar-refractivity contribution is 5.81. The monoisotopic (exact) mass is 273 g/mol. The molecule has 1 aliphatic heterocycles. The number of ether oxygens (including phenoxy) is 1. The zero-order valence-corrected chi connectivity index (χ0v) is 10.4. The van der Waals surface area contributed by atoms with Crippen LogP contribution in [-0.2, 0) is 0 Å². The van der Waals surface area contributed by atoms with E-state index in [2.05, 4.69) is 4.74 Å². The molecule has 19 heavy (non-hydrogen) atoms. The van der Waals surface area contributed by atoms with Gasteiger partial charge in [0.2, 0.25) is 0 Å². The van der Waals surface area contributed by atoms with Crippen LogP contribution in [0.3, 0.4) is 0 Å². The maximum atomic E-state index is 12.3. The lowest BCUT2D eigenvalue weighted by Crippen LogP contribution is -2.26. The van der Waals surface area contributed by atoms with E-state index < -0.39 is 12.1 Å². The summed E-state index contributed by atoms with van der Waals surface area (Å²) in [6.45, 7) is 2.82. The van der Waals surface area contributed by atoms with Crippen LogP contribution in [0.25, 0.3) is 0 Å². The molecule has 1 aliphatic rings. The van der Waals surface area contributed by atoms with E-state index in [1.807, 2.05) is 11.8 Å². The van der Waals surface area contributed by atoms with Crippen molar-refractivity contribution in [1.82, 2.24) is 0 Å². The molecule has 3 nitrogen and oxygen atoms in total. The molecule has 1 aromatic carbocycles.